The third-order valence-electron chi connectivity index (χ3n) is 2.87. The molecule has 2 N–H and O–H groups in total. The Morgan fingerprint density at radius 1 is 1.17 bits per heavy atom. The van der Waals surface area contributed by atoms with Gasteiger partial charge in [-0.05, 0) is 37.1 Å². The minimum absolute atomic E-state index is 0.0150. The van der Waals surface area contributed by atoms with Gasteiger partial charge in [0.15, 0.2) is 0 Å². The first kappa shape index (κ1) is 14.7. The first-order valence-corrected chi connectivity index (χ1v) is 6.49. The third kappa shape index (κ3) is 4.15. The van der Waals surface area contributed by atoms with E-state index < -0.39 is 0 Å². The van der Waals surface area contributed by atoms with Crippen LogP contribution >= 0.6 is 0 Å². The van der Waals surface area contributed by atoms with Gasteiger partial charge in [0.2, 0.25) is 0 Å². The molecule has 0 aliphatic heterocycles. The molecule has 0 spiro atoms. The molecular weight excluding hydrogens is 224 g/mol. The van der Waals surface area contributed by atoms with Gasteiger partial charge < -0.3 is 10.6 Å². The number of amides is 1. The van der Waals surface area contributed by atoms with Crippen LogP contribution in [0.5, 0.6) is 0 Å². The lowest BCUT2D eigenvalue weighted by Gasteiger charge is -2.22. The smallest absolute Gasteiger partial charge is 0.251 e. The number of nitrogens with one attached hydrogen (secondary N) is 2. The Balaban J connectivity index is 2.74. The molecule has 0 aromatic heterocycles. The van der Waals surface area contributed by atoms with Crippen molar-refractivity contribution in [2.45, 2.75) is 32.6 Å². The Hall–Kier alpha value is -1.35. The van der Waals surface area contributed by atoms with Crippen molar-refractivity contribution in [2.75, 3.05) is 20.1 Å². The molecule has 18 heavy (non-hydrogen) atoms. The quantitative estimate of drug-likeness (QED) is 0.785. The number of benzene rings is 1. The highest BCUT2D eigenvalue weighted by molar-refractivity contribution is 5.96. The van der Waals surface area contributed by atoms with E-state index in [1.54, 1.807) is 0 Å². The maximum Gasteiger partial charge on any atom is 0.251 e. The summed E-state index contributed by atoms with van der Waals surface area (Å²) in [5.74, 6) is 0.0247. The second-order valence-electron chi connectivity index (χ2n) is 5.51. The molecule has 0 bridgehead atoms. The number of carbonyl (C=O) groups is 1. The summed E-state index contributed by atoms with van der Waals surface area (Å²) in [6.07, 6.45) is 0.944. The summed E-state index contributed by atoms with van der Waals surface area (Å²) in [4.78, 5) is 12.1. The van der Waals surface area contributed by atoms with Crippen molar-refractivity contribution >= 4 is 5.91 Å². The summed E-state index contributed by atoms with van der Waals surface area (Å²) < 4.78 is 0. The van der Waals surface area contributed by atoms with Crippen LogP contribution in [0.3, 0.4) is 0 Å². The molecule has 1 aromatic rings. The van der Waals surface area contributed by atoms with Crippen LogP contribution in [0, 0.1) is 0 Å². The van der Waals surface area contributed by atoms with Crippen molar-refractivity contribution < 1.29 is 4.79 Å². The molecule has 1 amide bonds. The number of hydrogen-bond donors (Lipinski definition) is 2. The SMILES string of the molecule is CNCCCNC(=O)c1ccccc1C(C)(C)C. The van der Waals surface area contributed by atoms with E-state index in [-0.39, 0.29) is 11.3 Å². The molecule has 0 aliphatic carbocycles. The van der Waals surface area contributed by atoms with Crippen LogP contribution in [0.4, 0.5) is 0 Å². The summed E-state index contributed by atoms with van der Waals surface area (Å²) in [5.41, 5.74) is 1.87. The molecule has 1 aromatic carbocycles. The Kier molecular flexibility index (Phi) is 5.35. The molecule has 0 fully saturated rings. The largest absolute Gasteiger partial charge is 0.352 e. The van der Waals surface area contributed by atoms with E-state index in [2.05, 4.69) is 31.4 Å². The van der Waals surface area contributed by atoms with Crippen LogP contribution in [0.15, 0.2) is 24.3 Å². The maximum absolute atomic E-state index is 12.1. The zero-order valence-electron chi connectivity index (χ0n) is 11.8. The van der Waals surface area contributed by atoms with Gasteiger partial charge in [-0.15, -0.1) is 0 Å². The molecule has 0 atom stereocenters. The molecule has 0 heterocycles. The number of rotatable bonds is 5. The van der Waals surface area contributed by atoms with Crippen molar-refractivity contribution in [2.24, 2.45) is 0 Å². The molecule has 0 radical (unpaired) electrons. The van der Waals surface area contributed by atoms with E-state index >= 15 is 0 Å². The highest BCUT2D eigenvalue weighted by Gasteiger charge is 2.20. The van der Waals surface area contributed by atoms with Crippen LogP contribution < -0.4 is 10.6 Å². The first-order valence-electron chi connectivity index (χ1n) is 6.49. The second-order valence-corrected chi connectivity index (χ2v) is 5.51. The zero-order chi connectivity index (χ0) is 13.6. The maximum atomic E-state index is 12.1. The van der Waals surface area contributed by atoms with Gasteiger partial charge in [-0.1, -0.05) is 39.0 Å². The second kappa shape index (κ2) is 6.55. The standard InChI is InChI=1S/C15H24N2O/c1-15(2,3)13-9-6-5-8-12(13)14(18)17-11-7-10-16-4/h5-6,8-9,16H,7,10-11H2,1-4H3,(H,17,18). The van der Waals surface area contributed by atoms with Gasteiger partial charge >= 0.3 is 0 Å². The fraction of sp³-hybridized carbons (Fsp3) is 0.533. The molecule has 100 valence electrons. The van der Waals surface area contributed by atoms with Crippen molar-refractivity contribution in [1.29, 1.82) is 0 Å². The molecule has 3 nitrogen and oxygen atoms in total. The fourth-order valence-electron chi connectivity index (χ4n) is 1.90. The Labute approximate surface area is 110 Å². The lowest BCUT2D eigenvalue weighted by molar-refractivity contribution is 0.0951. The van der Waals surface area contributed by atoms with Crippen molar-refractivity contribution in [3.8, 4) is 0 Å². The molecule has 0 unspecified atom stereocenters. The van der Waals surface area contributed by atoms with Gasteiger partial charge in [-0.3, -0.25) is 4.79 Å². The Morgan fingerprint density at radius 3 is 2.44 bits per heavy atom. The normalized spacial score (nSPS) is 11.3. The van der Waals surface area contributed by atoms with Crippen LogP contribution in [-0.2, 0) is 5.41 Å². The summed E-state index contributed by atoms with van der Waals surface area (Å²) in [6.45, 7) is 8.00. The number of carbonyl (C=O) groups excluding carboxylic acids is 1. The highest BCUT2D eigenvalue weighted by Crippen LogP contribution is 2.25. The molecule has 0 aliphatic rings. The zero-order valence-corrected chi connectivity index (χ0v) is 11.8. The van der Waals surface area contributed by atoms with Crippen molar-refractivity contribution in [3.63, 3.8) is 0 Å². The van der Waals surface area contributed by atoms with Gasteiger partial charge in [-0.2, -0.15) is 0 Å². The summed E-state index contributed by atoms with van der Waals surface area (Å²) in [5, 5.41) is 6.03. The van der Waals surface area contributed by atoms with Crippen molar-refractivity contribution in [3.05, 3.63) is 35.4 Å². The van der Waals surface area contributed by atoms with E-state index in [9.17, 15) is 4.79 Å². The third-order valence-corrected chi connectivity index (χ3v) is 2.87. The van der Waals surface area contributed by atoms with E-state index in [0.29, 0.717) is 6.54 Å². The van der Waals surface area contributed by atoms with Crippen LogP contribution in [0.25, 0.3) is 0 Å². The van der Waals surface area contributed by atoms with E-state index in [1.807, 2.05) is 31.3 Å². The molecule has 0 saturated carbocycles. The average Bonchev–Trinajstić information content (AvgIpc) is 2.33. The predicted molar refractivity (Wildman–Crippen MR) is 76.0 cm³/mol. The van der Waals surface area contributed by atoms with Gasteiger partial charge in [0.25, 0.3) is 5.91 Å². The Morgan fingerprint density at radius 2 is 1.83 bits per heavy atom. The lowest BCUT2D eigenvalue weighted by Crippen LogP contribution is -2.29. The number of hydrogen-bond acceptors (Lipinski definition) is 2. The van der Waals surface area contributed by atoms with Gasteiger partial charge in [-0.25, -0.2) is 0 Å². The molecule has 0 saturated heterocycles. The van der Waals surface area contributed by atoms with E-state index in [1.165, 1.54) is 0 Å². The topological polar surface area (TPSA) is 41.1 Å². The highest BCUT2D eigenvalue weighted by atomic mass is 16.1. The van der Waals surface area contributed by atoms with Crippen LogP contribution in [0.1, 0.15) is 43.1 Å². The van der Waals surface area contributed by atoms with Gasteiger partial charge in [0, 0.05) is 12.1 Å². The first-order chi connectivity index (χ1) is 8.46. The van der Waals surface area contributed by atoms with Crippen molar-refractivity contribution in [1.82, 2.24) is 10.6 Å². The average molecular weight is 248 g/mol. The Bertz CT molecular complexity index is 394. The minimum Gasteiger partial charge on any atom is -0.352 e. The minimum atomic E-state index is -0.0150. The lowest BCUT2D eigenvalue weighted by atomic mass is 9.83. The molecule has 3 heteroatoms. The van der Waals surface area contributed by atoms with E-state index in [4.69, 9.17) is 0 Å². The summed E-state index contributed by atoms with van der Waals surface area (Å²) >= 11 is 0. The summed E-state index contributed by atoms with van der Waals surface area (Å²) in [7, 11) is 1.91. The molecular formula is C15H24N2O. The predicted octanol–water partition coefficient (Wildman–Crippen LogP) is 2.32. The van der Waals surface area contributed by atoms with Gasteiger partial charge in [0.1, 0.15) is 0 Å². The molecule has 1 rings (SSSR count). The van der Waals surface area contributed by atoms with Crippen LogP contribution in [0.2, 0.25) is 0 Å². The monoisotopic (exact) mass is 248 g/mol. The van der Waals surface area contributed by atoms with E-state index in [0.717, 1.165) is 24.1 Å². The van der Waals surface area contributed by atoms with Gasteiger partial charge in [0.05, 0.1) is 0 Å². The fourth-order valence-corrected chi connectivity index (χ4v) is 1.90. The summed E-state index contributed by atoms with van der Waals surface area (Å²) in [6, 6.07) is 7.83. The van der Waals surface area contributed by atoms with Crippen LogP contribution in [-0.4, -0.2) is 26.0 Å².